The van der Waals surface area contributed by atoms with E-state index in [0.29, 0.717) is 12.1 Å². The van der Waals surface area contributed by atoms with E-state index in [-0.39, 0.29) is 30.3 Å². The minimum atomic E-state index is -0.424. The molecule has 1 aromatic heterocycles. The summed E-state index contributed by atoms with van der Waals surface area (Å²) in [6.07, 6.45) is 0.174. The van der Waals surface area contributed by atoms with Gasteiger partial charge < -0.3 is 15.2 Å². The van der Waals surface area contributed by atoms with Gasteiger partial charge in [-0.3, -0.25) is 14.4 Å². The Labute approximate surface area is 168 Å². The number of fused-ring (bicyclic) bond motifs is 1. The first-order chi connectivity index (χ1) is 13.9. The number of nitrogens with zero attached hydrogens (tertiary/aromatic N) is 1. The highest BCUT2D eigenvalue weighted by molar-refractivity contribution is 6.00. The normalized spacial score (nSPS) is 16.4. The van der Waals surface area contributed by atoms with E-state index in [1.807, 2.05) is 62.4 Å². The van der Waals surface area contributed by atoms with Crippen LogP contribution in [0.3, 0.4) is 0 Å². The standard InChI is InChI=1S/C23H23N3O3/c1-14-8-16-10-17(23(29)25-20(16)9-15(14)2)12-24-22(28)18-11-21(27)26(13-18)19-6-4-3-5-7-19/h3-10,18H,11-13H2,1-2H3,(H,24,28)(H,25,29). The van der Waals surface area contributed by atoms with Crippen LogP contribution in [0.15, 0.2) is 53.3 Å². The second kappa shape index (κ2) is 7.54. The van der Waals surface area contributed by atoms with Gasteiger partial charge in [0.15, 0.2) is 0 Å². The Morgan fingerprint density at radius 2 is 1.83 bits per heavy atom. The molecule has 0 bridgehead atoms. The first-order valence-corrected chi connectivity index (χ1v) is 9.68. The Hall–Kier alpha value is -3.41. The largest absolute Gasteiger partial charge is 0.352 e. The highest BCUT2D eigenvalue weighted by Crippen LogP contribution is 2.25. The summed E-state index contributed by atoms with van der Waals surface area (Å²) in [7, 11) is 0. The van der Waals surface area contributed by atoms with Gasteiger partial charge >= 0.3 is 0 Å². The van der Waals surface area contributed by atoms with Crippen LogP contribution in [0.2, 0.25) is 0 Å². The molecule has 0 aliphatic carbocycles. The van der Waals surface area contributed by atoms with Gasteiger partial charge in [-0.1, -0.05) is 18.2 Å². The molecule has 2 aromatic carbocycles. The zero-order valence-electron chi connectivity index (χ0n) is 16.5. The van der Waals surface area contributed by atoms with E-state index < -0.39 is 5.92 Å². The molecule has 0 spiro atoms. The number of para-hydroxylation sites is 1. The summed E-state index contributed by atoms with van der Waals surface area (Å²) in [4.78, 5) is 41.8. The van der Waals surface area contributed by atoms with E-state index in [2.05, 4.69) is 10.3 Å². The number of hydrogen-bond acceptors (Lipinski definition) is 3. The second-order valence-electron chi connectivity index (χ2n) is 7.61. The lowest BCUT2D eigenvalue weighted by atomic mass is 10.0. The van der Waals surface area contributed by atoms with Crippen molar-refractivity contribution in [1.82, 2.24) is 10.3 Å². The molecule has 6 heteroatoms. The predicted octanol–water partition coefficient (Wildman–Crippen LogP) is 2.81. The monoisotopic (exact) mass is 389 g/mol. The lowest BCUT2D eigenvalue weighted by molar-refractivity contribution is -0.126. The zero-order valence-corrected chi connectivity index (χ0v) is 16.5. The van der Waals surface area contributed by atoms with Crippen molar-refractivity contribution < 1.29 is 9.59 Å². The molecule has 1 fully saturated rings. The number of carbonyl (C=O) groups is 2. The first kappa shape index (κ1) is 18.9. The zero-order chi connectivity index (χ0) is 20.5. The van der Waals surface area contributed by atoms with E-state index in [0.717, 1.165) is 27.7 Å². The SMILES string of the molecule is Cc1cc2cc(CNC(=O)C3CC(=O)N(c4ccccc4)C3)c(=O)[nH]c2cc1C. The molecule has 0 saturated carbocycles. The van der Waals surface area contributed by atoms with Crippen LogP contribution in [0, 0.1) is 19.8 Å². The Morgan fingerprint density at radius 1 is 1.10 bits per heavy atom. The van der Waals surface area contributed by atoms with Crippen LogP contribution >= 0.6 is 0 Å². The van der Waals surface area contributed by atoms with Gasteiger partial charge in [0.1, 0.15) is 0 Å². The maximum absolute atomic E-state index is 12.6. The number of H-pyrrole nitrogens is 1. The summed E-state index contributed by atoms with van der Waals surface area (Å²) in [6, 6.07) is 15.1. The van der Waals surface area contributed by atoms with Crippen LogP contribution in [-0.4, -0.2) is 23.3 Å². The molecule has 3 aromatic rings. The fraction of sp³-hybridized carbons (Fsp3) is 0.261. The molecule has 6 nitrogen and oxygen atoms in total. The number of aromatic amines is 1. The van der Waals surface area contributed by atoms with Gasteiger partial charge in [0.25, 0.3) is 5.56 Å². The lowest BCUT2D eigenvalue weighted by Gasteiger charge is -2.16. The number of carbonyl (C=O) groups excluding carboxylic acids is 2. The number of aromatic nitrogens is 1. The van der Waals surface area contributed by atoms with Gasteiger partial charge in [-0.25, -0.2) is 0 Å². The van der Waals surface area contributed by atoms with Crippen LogP contribution in [0.5, 0.6) is 0 Å². The quantitative estimate of drug-likeness (QED) is 0.720. The van der Waals surface area contributed by atoms with Crippen molar-refractivity contribution in [2.45, 2.75) is 26.8 Å². The summed E-state index contributed by atoms with van der Waals surface area (Å²) in [5, 5.41) is 3.76. The van der Waals surface area contributed by atoms with Gasteiger partial charge in [-0.05, 0) is 60.7 Å². The van der Waals surface area contributed by atoms with E-state index in [1.54, 1.807) is 4.90 Å². The maximum Gasteiger partial charge on any atom is 0.253 e. The molecule has 4 rings (SSSR count). The molecular weight excluding hydrogens is 366 g/mol. The van der Waals surface area contributed by atoms with Crippen molar-refractivity contribution in [3.8, 4) is 0 Å². The summed E-state index contributed by atoms with van der Waals surface area (Å²) in [6.45, 7) is 4.51. The van der Waals surface area contributed by atoms with Crippen molar-refractivity contribution in [3.05, 3.63) is 75.6 Å². The Morgan fingerprint density at radius 3 is 2.59 bits per heavy atom. The van der Waals surface area contributed by atoms with E-state index >= 15 is 0 Å². The number of anilines is 1. The molecular formula is C23H23N3O3. The number of pyridine rings is 1. The number of hydrogen-bond donors (Lipinski definition) is 2. The number of nitrogens with one attached hydrogen (secondary N) is 2. The van der Waals surface area contributed by atoms with Crippen molar-refractivity contribution in [1.29, 1.82) is 0 Å². The minimum Gasteiger partial charge on any atom is -0.352 e. The van der Waals surface area contributed by atoms with E-state index in [9.17, 15) is 14.4 Å². The minimum absolute atomic E-state index is 0.0641. The van der Waals surface area contributed by atoms with E-state index in [1.165, 1.54) is 0 Å². The van der Waals surface area contributed by atoms with Crippen LogP contribution in [-0.2, 0) is 16.1 Å². The summed E-state index contributed by atoms with van der Waals surface area (Å²) >= 11 is 0. The lowest BCUT2D eigenvalue weighted by Crippen LogP contribution is -2.34. The number of amides is 2. The Bertz CT molecular complexity index is 1150. The van der Waals surface area contributed by atoms with Gasteiger partial charge in [0.2, 0.25) is 11.8 Å². The molecule has 1 atom stereocenters. The smallest absolute Gasteiger partial charge is 0.253 e. The highest BCUT2D eigenvalue weighted by Gasteiger charge is 2.34. The average molecular weight is 389 g/mol. The number of benzene rings is 2. The molecule has 1 saturated heterocycles. The molecule has 2 N–H and O–H groups in total. The fourth-order valence-corrected chi connectivity index (χ4v) is 3.72. The van der Waals surface area contributed by atoms with Crippen LogP contribution < -0.4 is 15.8 Å². The predicted molar refractivity (Wildman–Crippen MR) is 113 cm³/mol. The number of rotatable bonds is 4. The highest BCUT2D eigenvalue weighted by atomic mass is 16.2. The van der Waals surface area contributed by atoms with Crippen molar-refractivity contribution in [2.24, 2.45) is 5.92 Å². The van der Waals surface area contributed by atoms with Crippen LogP contribution in [0.1, 0.15) is 23.1 Å². The summed E-state index contributed by atoms with van der Waals surface area (Å²) in [5.74, 6) is -0.700. The molecule has 1 unspecified atom stereocenters. The second-order valence-corrected chi connectivity index (χ2v) is 7.61. The van der Waals surface area contributed by atoms with Crippen molar-refractivity contribution in [3.63, 3.8) is 0 Å². The molecule has 1 aliphatic rings. The van der Waals surface area contributed by atoms with Gasteiger partial charge in [-0.2, -0.15) is 0 Å². The summed E-state index contributed by atoms with van der Waals surface area (Å²) in [5.41, 5.74) is 4.12. The third kappa shape index (κ3) is 3.78. The van der Waals surface area contributed by atoms with Crippen molar-refractivity contribution >= 4 is 28.4 Å². The fourth-order valence-electron chi connectivity index (χ4n) is 3.72. The van der Waals surface area contributed by atoms with Crippen molar-refractivity contribution in [2.75, 3.05) is 11.4 Å². The average Bonchev–Trinajstić information content (AvgIpc) is 3.10. The third-order valence-corrected chi connectivity index (χ3v) is 5.55. The summed E-state index contributed by atoms with van der Waals surface area (Å²) < 4.78 is 0. The van der Waals surface area contributed by atoms with Crippen LogP contribution in [0.25, 0.3) is 10.9 Å². The maximum atomic E-state index is 12.6. The molecule has 29 heavy (non-hydrogen) atoms. The van der Waals surface area contributed by atoms with E-state index in [4.69, 9.17) is 0 Å². The third-order valence-electron chi connectivity index (χ3n) is 5.55. The van der Waals surface area contributed by atoms with Gasteiger partial charge in [0.05, 0.1) is 5.92 Å². The molecule has 0 radical (unpaired) electrons. The topological polar surface area (TPSA) is 82.3 Å². The molecule has 2 heterocycles. The van der Waals surface area contributed by atoms with Crippen LogP contribution in [0.4, 0.5) is 5.69 Å². The van der Waals surface area contributed by atoms with Gasteiger partial charge in [0, 0.05) is 36.3 Å². The van der Waals surface area contributed by atoms with Gasteiger partial charge in [-0.15, -0.1) is 0 Å². The first-order valence-electron chi connectivity index (χ1n) is 9.68. The molecule has 1 aliphatic heterocycles. The Kier molecular flexibility index (Phi) is 4.92. The number of aryl methyl sites for hydroxylation is 2. The molecule has 148 valence electrons. The molecule has 2 amide bonds. The Balaban J connectivity index is 1.46.